The first-order chi connectivity index (χ1) is 11.3. The summed E-state index contributed by atoms with van der Waals surface area (Å²) in [5.74, 6) is -4.39. The van der Waals surface area contributed by atoms with Crippen molar-refractivity contribution in [3.63, 3.8) is 0 Å². The zero-order valence-electron chi connectivity index (χ0n) is 15.3. The van der Waals surface area contributed by atoms with Crippen molar-refractivity contribution in [1.29, 1.82) is 0 Å². The topological polar surface area (TPSA) is 26.3 Å². The molecule has 0 rings (SSSR count). The molecule has 0 aromatic heterocycles. The Bertz CT molecular complexity index is 391. The van der Waals surface area contributed by atoms with Gasteiger partial charge in [0.05, 0.1) is 0 Å². The predicted octanol–water partition coefficient (Wildman–Crippen LogP) is 6.38. The third-order valence-corrected chi connectivity index (χ3v) is 4.71. The van der Waals surface area contributed by atoms with Gasteiger partial charge in [0.1, 0.15) is 10.9 Å². The fourth-order valence-electron chi connectivity index (χ4n) is 2.02. The number of rotatable bonds is 11. The van der Waals surface area contributed by atoms with E-state index in [-0.39, 0.29) is 24.1 Å². The number of carbonyl (C=O) groups excluding carboxylic acids is 1. The van der Waals surface area contributed by atoms with Crippen molar-refractivity contribution in [2.75, 3.05) is 5.75 Å². The van der Waals surface area contributed by atoms with Gasteiger partial charge in [-0.25, -0.2) is 0 Å². The quantitative estimate of drug-likeness (QED) is 0.232. The van der Waals surface area contributed by atoms with Crippen LogP contribution < -0.4 is 0 Å². The Morgan fingerprint density at radius 3 is 2.08 bits per heavy atom. The maximum Gasteiger partial charge on any atom is 0.453 e. The molecule has 0 amide bonds. The predicted molar refractivity (Wildman–Crippen MR) is 91.1 cm³/mol. The van der Waals surface area contributed by atoms with Gasteiger partial charge in [0.25, 0.3) is 0 Å². The van der Waals surface area contributed by atoms with Gasteiger partial charge in [-0.2, -0.15) is 22.0 Å². The molecule has 0 saturated heterocycles. The molecular formula is C17H29F5O2S. The molecule has 0 fully saturated rings. The zero-order chi connectivity index (χ0) is 19.7. The highest BCUT2D eigenvalue weighted by Gasteiger charge is 2.56. The van der Waals surface area contributed by atoms with E-state index < -0.39 is 24.1 Å². The lowest BCUT2D eigenvalue weighted by molar-refractivity contribution is -0.284. The second-order valence-electron chi connectivity index (χ2n) is 7.05. The highest BCUT2D eigenvalue weighted by Crippen LogP contribution is 2.39. The van der Waals surface area contributed by atoms with Crippen LogP contribution in [0.15, 0.2) is 0 Å². The van der Waals surface area contributed by atoms with E-state index in [1.165, 1.54) is 11.8 Å². The highest BCUT2D eigenvalue weighted by atomic mass is 32.2. The maximum atomic E-state index is 12.8. The first-order valence-electron chi connectivity index (χ1n) is 8.59. The number of carbonyl (C=O) groups is 1. The molecule has 0 aliphatic carbocycles. The molecule has 0 saturated carbocycles. The highest BCUT2D eigenvalue weighted by molar-refractivity contribution is 8.00. The van der Waals surface area contributed by atoms with Crippen LogP contribution in [0.25, 0.3) is 0 Å². The molecular weight excluding hydrogens is 363 g/mol. The molecule has 0 aromatic carbocycles. The van der Waals surface area contributed by atoms with Crippen molar-refractivity contribution in [2.45, 2.75) is 95.6 Å². The average Bonchev–Trinajstić information content (AvgIpc) is 2.42. The largest absolute Gasteiger partial charge is 0.459 e. The summed E-state index contributed by atoms with van der Waals surface area (Å²) in [5, 5.41) is -0.323. The van der Waals surface area contributed by atoms with E-state index in [1.807, 2.05) is 6.92 Å². The molecule has 0 spiro atoms. The minimum atomic E-state index is -5.48. The van der Waals surface area contributed by atoms with Crippen LogP contribution in [0.4, 0.5) is 22.0 Å². The summed E-state index contributed by atoms with van der Waals surface area (Å²) in [5.41, 5.74) is -0.578. The number of esters is 1. The van der Waals surface area contributed by atoms with Crippen LogP contribution in [0.2, 0.25) is 0 Å². The van der Waals surface area contributed by atoms with Gasteiger partial charge in [-0.1, -0.05) is 26.2 Å². The number of alkyl halides is 5. The Morgan fingerprint density at radius 1 is 1.00 bits per heavy atom. The van der Waals surface area contributed by atoms with Crippen LogP contribution in [0.5, 0.6) is 0 Å². The number of thioether (sulfide) groups is 1. The molecule has 0 aliphatic heterocycles. The van der Waals surface area contributed by atoms with Crippen molar-refractivity contribution in [3.05, 3.63) is 0 Å². The molecule has 0 bridgehead atoms. The Balaban J connectivity index is 4.20. The third kappa shape index (κ3) is 10.9. The van der Waals surface area contributed by atoms with Gasteiger partial charge in [0, 0.05) is 6.42 Å². The summed E-state index contributed by atoms with van der Waals surface area (Å²) in [6, 6.07) is 0. The minimum Gasteiger partial charge on any atom is -0.459 e. The van der Waals surface area contributed by atoms with E-state index in [9.17, 15) is 26.7 Å². The summed E-state index contributed by atoms with van der Waals surface area (Å²) >= 11 is 1.39. The molecule has 0 radical (unpaired) electrons. The number of halogens is 5. The van der Waals surface area contributed by atoms with Gasteiger partial charge in [-0.05, 0) is 45.8 Å². The Hall–Kier alpha value is -0.530. The zero-order valence-corrected chi connectivity index (χ0v) is 16.2. The lowest BCUT2D eigenvalue weighted by Crippen LogP contribution is -2.36. The smallest absolute Gasteiger partial charge is 0.453 e. The van der Waals surface area contributed by atoms with Gasteiger partial charge in [-0.15, -0.1) is 11.8 Å². The Kier molecular flexibility index (Phi) is 10.4. The standard InChI is InChI=1S/C17H29F5O2S/c1-5-6-10-13(14(23)24-15(2,3)4)25-12-9-7-8-11-16(18,19)17(20,21)22/h13H,5-12H2,1-4H3. The van der Waals surface area contributed by atoms with E-state index in [0.29, 0.717) is 18.6 Å². The molecule has 2 nitrogen and oxygen atoms in total. The van der Waals surface area contributed by atoms with Crippen molar-refractivity contribution in [2.24, 2.45) is 0 Å². The van der Waals surface area contributed by atoms with E-state index >= 15 is 0 Å². The molecule has 0 heterocycles. The number of hydrogen-bond acceptors (Lipinski definition) is 3. The monoisotopic (exact) mass is 392 g/mol. The van der Waals surface area contributed by atoms with Crippen LogP contribution in [0, 0.1) is 0 Å². The summed E-state index contributed by atoms with van der Waals surface area (Å²) in [6.07, 6.45) is -3.63. The van der Waals surface area contributed by atoms with E-state index in [0.717, 1.165) is 12.8 Å². The maximum absolute atomic E-state index is 12.8. The van der Waals surface area contributed by atoms with Crippen molar-refractivity contribution in [3.8, 4) is 0 Å². The van der Waals surface area contributed by atoms with Crippen LogP contribution in [0.1, 0.15) is 72.6 Å². The van der Waals surface area contributed by atoms with Crippen molar-refractivity contribution >= 4 is 17.7 Å². The van der Waals surface area contributed by atoms with Gasteiger partial charge < -0.3 is 4.74 Å². The lowest BCUT2D eigenvalue weighted by atomic mass is 10.1. The summed E-state index contributed by atoms with van der Waals surface area (Å²) < 4.78 is 67.1. The summed E-state index contributed by atoms with van der Waals surface area (Å²) in [4.78, 5) is 12.2. The Labute approximate surface area is 151 Å². The molecule has 25 heavy (non-hydrogen) atoms. The van der Waals surface area contributed by atoms with E-state index in [1.54, 1.807) is 20.8 Å². The molecule has 1 atom stereocenters. The number of ether oxygens (including phenoxy) is 1. The SMILES string of the molecule is CCCCC(SCCCCCC(F)(F)C(F)(F)F)C(=O)OC(C)(C)C. The van der Waals surface area contributed by atoms with E-state index in [2.05, 4.69) is 0 Å². The second kappa shape index (κ2) is 10.6. The summed E-state index contributed by atoms with van der Waals surface area (Å²) in [6.45, 7) is 7.37. The van der Waals surface area contributed by atoms with Gasteiger partial charge >= 0.3 is 18.1 Å². The van der Waals surface area contributed by atoms with Crippen LogP contribution in [-0.2, 0) is 9.53 Å². The van der Waals surface area contributed by atoms with Gasteiger partial charge in [0.15, 0.2) is 0 Å². The normalized spacial score (nSPS) is 14.4. The Morgan fingerprint density at radius 2 is 1.60 bits per heavy atom. The van der Waals surface area contributed by atoms with Gasteiger partial charge in [-0.3, -0.25) is 4.79 Å². The van der Waals surface area contributed by atoms with Gasteiger partial charge in [0.2, 0.25) is 0 Å². The molecule has 1 unspecified atom stereocenters. The second-order valence-corrected chi connectivity index (χ2v) is 8.36. The van der Waals surface area contributed by atoms with E-state index in [4.69, 9.17) is 4.74 Å². The summed E-state index contributed by atoms with van der Waals surface area (Å²) in [7, 11) is 0. The minimum absolute atomic E-state index is 0.195. The molecule has 0 aliphatic rings. The molecule has 150 valence electrons. The van der Waals surface area contributed by atoms with Crippen molar-refractivity contribution in [1.82, 2.24) is 0 Å². The average molecular weight is 392 g/mol. The number of hydrogen-bond donors (Lipinski definition) is 0. The first-order valence-corrected chi connectivity index (χ1v) is 9.64. The van der Waals surface area contributed by atoms with Crippen molar-refractivity contribution < 1.29 is 31.5 Å². The lowest BCUT2D eigenvalue weighted by Gasteiger charge is -2.23. The molecule has 0 aromatic rings. The van der Waals surface area contributed by atoms with Crippen LogP contribution >= 0.6 is 11.8 Å². The molecule has 8 heteroatoms. The fourth-order valence-corrected chi connectivity index (χ4v) is 3.19. The number of unbranched alkanes of at least 4 members (excludes halogenated alkanes) is 3. The third-order valence-electron chi connectivity index (χ3n) is 3.36. The van der Waals surface area contributed by atoms with Crippen LogP contribution in [-0.4, -0.2) is 34.7 Å². The fraction of sp³-hybridized carbons (Fsp3) is 0.941. The molecule has 0 N–H and O–H groups in total. The first kappa shape index (κ1) is 24.5. The van der Waals surface area contributed by atoms with Crippen LogP contribution in [0.3, 0.4) is 0 Å².